The Morgan fingerprint density at radius 1 is 0.903 bits per heavy atom. The van der Waals surface area contributed by atoms with Gasteiger partial charge in [-0.3, -0.25) is 4.99 Å². The highest BCUT2D eigenvalue weighted by molar-refractivity contribution is 6.32. The molecule has 0 bridgehead atoms. The van der Waals surface area contributed by atoms with Crippen molar-refractivity contribution in [3.8, 4) is 0 Å². The van der Waals surface area contributed by atoms with E-state index in [0.717, 1.165) is 47.3 Å². The number of nitrogens with zero attached hydrogens (tertiary/aromatic N) is 1. The predicted molar refractivity (Wildman–Crippen MR) is 131 cm³/mol. The second-order valence-electron chi connectivity index (χ2n) is 8.20. The monoisotopic (exact) mass is 400 g/mol. The standard InChI is InChI=1S/C28H25BN2/c29-25-17-15-23(16-18-25)27-19-26(30-28(31-27)24-9-5-2-6-10-24)22-13-11-21(12-14-22)20-7-3-1-4-8-20/h2-3,5-11,13-19,21,28,30H,1,4,12H2. The van der Waals surface area contributed by atoms with Gasteiger partial charge in [-0.05, 0) is 47.6 Å². The van der Waals surface area contributed by atoms with E-state index in [1.807, 2.05) is 30.3 Å². The van der Waals surface area contributed by atoms with Crippen molar-refractivity contribution in [1.29, 1.82) is 0 Å². The van der Waals surface area contributed by atoms with Crippen LogP contribution in [0, 0.1) is 5.92 Å². The molecule has 1 N–H and O–H groups in total. The molecule has 31 heavy (non-hydrogen) atoms. The summed E-state index contributed by atoms with van der Waals surface area (Å²) in [6.07, 6.45) is 19.3. The Bertz CT molecular complexity index is 1130. The summed E-state index contributed by atoms with van der Waals surface area (Å²) in [5, 5.41) is 3.65. The van der Waals surface area contributed by atoms with Gasteiger partial charge in [0.25, 0.3) is 0 Å². The summed E-state index contributed by atoms with van der Waals surface area (Å²) < 4.78 is 0. The van der Waals surface area contributed by atoms with Crippen molar-refractivity contribution in [2.75, 3.05) is 0 Å². The summed E-state index contributed by atoms with van der Waals surface area (Å²) in [6.45, 7) is 0. The molecule has 0 amide bonds. The Kier molecular flexibility index (Phi) is 5.58. The molecule has 0 saturated heterocycles. The molecule has 2 nitrogen and oxygen atoms in total. The first-order valence-corrected chi connectivity index (χ1v) is 11.0. The Labute approximate surface area is 185 Å². The van der Waals surface area contributed by atoms with Crippen LogP contribution in [0.1, 0.15) is 36.6 Å². The van der Waals surface area contributed by atoms with Gasteiger partial charge in [-0.15, -0.1) is 0 Å². The van der Waals surface area contributed by atoms with Gasteiger partial charge in [-0.2, -0.15) is 0 Å². The second-order valence-corrected chi connectivity index (χ2v) is 8.20. The fourth-order valence-corrected chi connectivity index (χ4v) is 4.28. The molecule has 2 aromatic rings. The number of rotatable bonds is 4. The van der Waals surface area contributed by atoms with E-state index in [1.165, 1.54) is 11.1 Å². The minimum absolute atomic E-state index is 0.121. The number of aliphatic imine (C=N–C) groups is 1. The maximum Gasteiger partial charge on any atom is 0.145 e. The molecule has 3 heteroatoms. The number of hydrogen-bond acceptors (Lipinski definition) is 2. The highest BCUT2D eigenvalue weighted by Crippen LogP contribution is 2.31. The fourth-order valence-electron chi connectivity index (χ4n) is 4.28. The zero-order valence-electron chi connectivity index (χ0n) is 17.5. The van der Waals surface area contributed by atoms with Gasteiger partial charge in [0.1, 0.15) is 14.0 Å². The highest BCUT2D eigenvalue weighted by Gasteiger charge is 2.21. The van der Waals surface area contributed by atoms with Crippen molar-refractivity contribution in [3.05, 3.63) is 125 Å². The molecular formula is C28H25BN2. The van der Waals surface area contributed by atoms with Crippen LogP contribution in [0.3, 0.4) is 0 Å². The largest absolute Gasteiger partial charge is 0.360 e. The molecule has 1 heterocycles. The van der Waals surface area contributed by atoms with Crippen molar-refractivity contribution in [2.24, 2.45) is 10.9 Å². The fraction of sp³-hybridized carbons (Fsp3) is 0.179. The Hall–Kier alpha value is -3.33. The SMILES string of the molecule is [B]c1ccc(C2=NC(c3ccccc3)NC(C3=CCC(C4=CCCC=C4)C=C3)=C2)cc1. The molecule has 0 aromatic heterocycles. The molecule has 0 spiro atoms. The average Bonchev–Trinajstić information content (AvgIpc) is 2.85. The topological polar surface area (TPSA) is 24.4 Å². The van der Waals surface area contributed by atoms with Crippen LogP contribution in [0.2, 0.25) is 0 Å². The lowest BCUT2D eigenvalue weighted by Crippen LogP contribution is -2.27. The number of benzene rings is 2. The van der Waals surface area contributed by atoms with Crippen LogP contribution in [0.15, 0.2) is 119 Å². The van der Waals surface area contributed by atoms with Crippen molar-refractivity contribution >= 4 is 19.0 Å². The summed E-state index contributed by atoms with van der Waals surface area (Å²) in [6, 6.07) is 18.3. The van der Waals surface area contributed by atoms with E-state index in [-0.39, 0.29) is 6.17 Å². The van der Waals surface area contributed by atoms with Gasteiger partial charge in [-0.25, -0.2) is 0 Å². The van der Waals surface area contributed by atoms with Gasteiger partial charge < -0.3 is 5.32 Å². The summed E-state index contributed by atoms with van der Waals surface area (Å²) >= 11 is 0. The van der Waals surface area contributed by atoms with Crippen LogP contribution >= 0.6 is 0 Å². The third kappa shape index (κ3) is 4.41. The molecule has 0 fully saturated rings. The molecule has 0 saturated carbocycles. The first-order valence-electron chi connectivity index (χ1n) is 11.0. The van der Waals surface area contributed by atoms with Crippen LogP contribution in [0.25, 0.3) is 0 Å². The molecule has 2 unspecified atom stereocenters. The Morgan fingerprint density at radius 2 is 1.74 bits per heavy atom. The van der Waals surface area contributed by atoms with E-state index in [2.05, 4.69) is 72.1 Å². The molecule has 2 atom stereocenters. The minimum atomic E-state index is -0.121. The van der Waals surface area contributed by atoms with E-state index < -0.39 is 0 Å². The first kappa shape index (κ1) is 19.6. The van der Waals surface area contributed by atoms with Gasteiger partial charge in [0, 0.05) is 11.6 Å². The van der Waals surface area contributed by atoms with Crippen LogP contribution < -0.4 is 10.8 Å². The molecule has 150 valence electrons. The summed E-state index contributed by atoms with van der Waals surface area (Å²) in [4.78, 5) is 5.00. The van der Waals surface area contributed by atoms with Crippen LogP contribution in [0.5, 0.6) is 0 Å². The summed E-state index contributed by atoms with van der Waals surface area (Å²) in [5.74, 6) is 0.472. The van der Waals surface area contributed by atoms with Gasteiger partial charge in [-0.1, -0.05) is 96.5 Å². The summed E-state index contributed by atoms with van der Waals surface area (Å²) in [7, 11) is 5.90. The highest BCUT2D eigenvalue weighted by atomic mass is 15.1. The van der Waals surface area contributed by atoms with Gasteiger partial charge in [0.15, 0.2) is 0 Å². The summed E-state index contributed by atoms with van der Waals surface area (Å²) in [5.41, 5.74) is 7.73. The quantitative estimate of drug-likeness (QED) is 0.698. The number of hydrogen-bond donors (Lipinski definition) is 1. The van der Waals surface area contributed by atoms with E-state index >= 15 is 0 Å². The number of allylic oxidation sites excluding steroid dienone is 8. The van der Waals surface area contributed by atoms with Crippen molar-refractivity contribution in [2.45, 2.75) is 25.4 Å². The predicted octanol–water partition coefficient (Wildman–Crippen LogP) is 5.23. The Balaban J connectivity index is 1.45. The lowest BCUT2D eigenvalue weighted by molar-refractivity contribution is 0.624. The van der Waals surface area contributed by atoms with E-state index in [1.54, 1.807) is 0 Å². The van der Waals surface area contributed by atoms with E-state index in [9.17, 15) is 0 Å². The second kappa shape index (κ2) is 8.81. The van der Waals surface area contributed by atoms with Crippen molar-refractivity contribution < 1.29 is 0 Å². The average molecular weight is 400 g/mol. The van der Waals surface area contributed by atoms with Crippen molar-refractivity contribution in [1.82, 2.24) is 5.32 Å². The van der Waals surface area contributed by atoms with Crippen molar-refractivity contribution in [3.63, 3.8) is 0 Å². The number of nitrogens with one attached hydrogen (secondary N) is 1. The van der Waals surface area contributed by atoms with Crippen LogP contribution in [-0.2, 0) is 0 Å². The van der Waals surface area contributed by atoms with Crippen LogP contribution in [0.4, 0.5) is 0 Å². The maximum atomic E-state index is 5.90. The smallest absolute Gasteiger partial charge is 0.145 e. The van der Waals surface area contributed by atoms with Crippen LogP contribution in [-0.4, -0.2) is 13.6 Å². The molecule has 2 aromatic carbocycles. The molecular weight excluding hydrogens is 375 g/mol. The molecule has 5 rings (SSSR count). The molecule has 2 radical (unpaired) electrons. The zero-order valence-corrected chi connectivity index (χ0v) is 17.5. The molecule has 2 aliphatic carbocycles. The first-order chi connectivity index (χ1) is 15.3. The molecule has 1 aliphatic heterocycles. The van der Waals surface area contributed by atoms with E-state index in [0.29, 0.717) is 5.92 Å². The lowest BCUT2D eigenvalue weighted by Gasteiger charge is -2.27. The van der Waals surface area contributed by atoms with Gasteiger partial charge in [0.2, 0.25) is 0 Å². The van der Waals surface area contributed by atoms with Gasteiger partial charge >= 0.3 is 0 Å². The van der Waals surface area contributed by atoms with E-state index in [4.69, 9.17) is 12.8 Å². The zero-order chi connectivity index (χ0) is 21.0. The van der Waals surface area contributed by atoms with Gasteiger partial charge in [0.05, 0.1) is 5.71 Å². The third-order valence-electron chi connectivity index (χ3n) is 6.03. The minimum Gasteiger partial charge on any atom is -0.360 e. The third-order valence-corrected chi connectivity index (χ3v) is 6.03. The maximum absolute atomic E-state index is 5.90. The lowest BCUT2D eigenvalue weighted by atomic mass is 9.86. The Morgan fingerprint density at radius 3 is 2.45 bits per heavy atom. The normalized spacial score (nSPS) is 22.7. The molecule has 3 aliphatic rings.